The van der Waals surface area contributed by atoms with Crippen molar-refractivity contribution in [3.05, 3.63) is 23.8 Å². The van der Waals surface area contributed by atoms with Crippen LogP contribution in [0, 0.1) is 6.92 Å². The van der Waals surface area contributed by atoms with Crippen LogP contribution in [-0.2, 0) is 4.79 Å². The molecule has 19 heavy (non-hydrogen) atoms. The molecule has 1 aromatic rings. The number of nitrogens with zero attached hydrogens (tertiary/aromatic N) is 1. The second-order valence-electron chi connectivity index (χ2n) is 4.95. The summed E-state index contributed by atoms with van der Waals surface area (Å²) in [6.07, 6.45) is -1.55. The number of nitrogens with two attached hydrogens (primary N) is 1. The van der Waals surface area contributed by atoms with Crippen LogP contribution >= 0.6 is 0 Å². The molecule has 0 aromatic heterocycles. The van der Waals surface area contributed by atoms with E-state index < -0.39 is 12.2 Å². The van der Waals surface area contributed by atoms with Crippen LogP contribution in [0.4, 0.5) is 11.4 Å². The number of hydrogen-bond donors (Lipinski definition) is 4. The monoisotopic (exact) mass is 265 g/mol. The van der Waals surface area contributed by atoms with Gasteiger partial charge in [0.2, 0.25) is 5.91 Å². The van der Waals surface area contributed by atoms with Crippen LogP contribution in [0.5, 0.6) is 0 Å². The highest BCUT2D eigenvalue weighted by Gasteiger charge is 2.30. The number of aryl methyl sites for hydroxylation is 1. The van der Waals surface area contributed by atoms with Crippen LogP contribution < -0.4 is 11.1 Å². The number of nitrogen functional groups attached to an aromatic ring is 1. The second kappa shape index (κ2) is 5.56. The van der Waals surface area contributed by atoms with Gasteiger partial charge in [-0.2, -0.15) is 0 Å². The smallest absolute Gasteiger partial charge is 0.238 e. The topological polar surface area (TPSA) is 98.8 Å². The first-order chi connectivity index (χ1) is 8.95. The highest BCUT2D eigenvalue weighted by atomic mass is 16.3. The fraction of sp³-hybridized carbons (Fsp3) is 0.462. The lowest BCUT2D eigenvalue weighted by molar-refractivity contribution is -0.117. The Morgan fingerprint density at radius 1 is 1.42 bits per heavy atom. The van der Waals surface area contributed by atoms with Gasteiger partial charge in [0.15, 0.2) is 0 Å². The van der Waals surface area contributed by atoms with Gasteiger partial charge in [-0.15, -0.1) is 0 Å². The molecule has 1 fully saturated rings. The number of nitrogens with one attached hydrogen (secondary N) is 1. The van der Waals surface area contributed by atoms with E-state index in [1.807, 2.05) is 13.0 Å². The Bertz CT molecular complexity index is 468. The van der Waals surface area contributed by atoms with Gasteiger partial charge < -0.3 is 21.3 Å². The van der Waals surface area contributed by atoms with Gasteiger partial charge in [0, 0.05) is 24.5 Å². The van der Waals surface area contributed by atoms with E-state index in [0.717, 1.165) is 5.56 Å². The Hall–Kier alpha value is -1.63. The van der Waals surface area contributed by atoms with Crippen molar-refractivity contribution in [2.24, 2.45) is 0 Å². The van der Waals surface area contributed by atoms with Gasteiger partial charge in [0.25, 0.3) is 0 Å². The van der Waals surface area contributed by atoms with Crippen LogP contribution in [0.2, 0.25) is 0 Å². The molecule has 1 aliphatic heterocycles. The van der Waals surface area contributed by atoms with Crippen molar-refractivity contribution in [1.82, 2.24) is 4.90 Å². The molecule has 1 saturated heterocycles. The van der Waals surface area contributed by atoms with E-state index in [1.165, 1.54) is 0 Å². The maximum atomic E-state index is 11.8. The quantitative estimate of drug-likeness (QED) is 0.555. The Morgan fingerprint density at radius 2 is 2.05 bits per heavy atom. The van der Waals surface area contributed by atoms with E-state index in [2.05, 4.69) is 5.32 Å². The zero-order valence-electron chi connectivity index (χ0n) is 10.8. The lowest BCUT2D eigenvalue weighted by atomic mass is 10.2. The minimum absolute atomic E-state index is 0.141. The third kappa shape index (κ3) is 3.44. The molecule has 0 aliphatic carbocycles. The van der Waals surface area contributed by atoms with E-state index in [9.17, 15) is 15.0 Å². The summed E-state index contributed by atoms with van der Waals surface area (Å²) in [6, 6.07) is 5.34. The minimum atomic E-state index is -0.775. The zero-order chi connectivity index (χ0) is 14.0. The normalized spacial score (nSPS) is 23.5. The second-order valence-corrected chi connectivity index (χ2v) is 4.95. The third-order valence-corrected chi connectivity index (χ3v) is 3.26. The van der Waals surface area contributed by atoms with Gasteiger partial charge >= 0.3 is 0 Å². The molecule has 2 atom stereocenters. The number of carbonyl (C=O) groups excluding carboxylic acids is 1. The number of hydrogen-bond acceptors (Lipinski definition) is 5. The van der Waals surface area contributed by atoms with Gasteiger partial charge in [0.1, 0.15) is 0 Å². The molecular formula is C13H19N3O3. The molecule has 6 heteroatoms. The number of likely N-dealkylation sites (tertiary alicyclic amines) is 1. The average Bonchev–Trinajstić information content (AvgIpc) is 2.63. The summed E-state index contributed by atoms with van der Waals surface area (Å²) in [5.74, 6) is -0.190. The first-order valence-corrected chi connectivity index (χ1v) is 6.20. The molecule has 0 bridgehead atoms. The summed E-state index contributed by atoms with van der Waals surface area (Å²) in [6.45, 7) is 2.66. The predicted molar refractivity (Wildman–Crippen MR) is 72.7 cm³/mol. The van der Waals surface area contributed by atoms with Crippen LogP contribution in [0.25, 0.3) is 0 Å². The first kappa shape index (κ1) is 13.8. The minimum Gasteiger partial charge on any atom is -0.398 e. The summed E-state index contributed by atoms with van der Waals surface area (Å²) in [5.41, 5.74) is 8.01. The third-order valence-electron chi connectivity index (χ3n) is 3.26. The SMILES string of the molecule is Cc1ccc(NC(=O)CN2CC(O)C(O)C2)cc1N. The first-order valence-electron chi connectivity index (χ1n) is 6.20. The van der Waals surface area contributed by atoms with Crippen molar-refractivity contribution < 1.29 is 15.0 Å². The molecule has 5 N–H and O–H groups in total. The maximum absolute atomic E-state index is 11.8. The van der Waals surface area contributed by atoms with Gasteiger partial charge in [0.05, 0.1) is 18.8 Å². The highest BCUT2D eigenvalue weighted by Crippen LogP contribution is 2.17. The molecule has 1 aromatic carbocycles. The number of aliphatic hydroxyl groups is 2. The predicted octanol–water partition coefficient (Wildman–Crippen LogP) is -0.447. The molecule has 2 unspecified atom stereocenters. The number of amides is 1. The summed E-state index contributed by atoms with van der Waals surface area (Å²) in [4.78, 5) is 13.5. The summed E-state index contributed by atoms with van der Waals surface area (Å²) in [5, 5.41) is 21.5. The molecule has 1 heterocycles. The van der Waals surface area contributed by atoms with Gasteiger partial charge in [-0.05, 0) is 24.6 Å². The number of rotatable bonds is 3. The number of carbonyl (C=O) groups is 1. The molecule has 0 spiro atoms. The number of aliphatic hydroxyl groups excluding tert-OH is 2. The molecule has 1 amide bonds. The Kier molecular flexibility index (Phi) is 4.04. The van der Waals surface area contributed by atoms with Crippen molar-refractivity contribution in [3.8, 4) is 0 Å². The maximum Gasteiger partial charge on any atom is 0.238 e. The van der Waals surface area contributed by atoms with E-state index >= 15 is 0 Å². The van der Waals surface area contributed by atoms with E-state index in [4.69, 9.17) is 5.73 Å². The molecular weight excluding hydrogens is 246 g/mol. The molecule has 6 nitrogen and oxygen atoms in total. The largest absolute Gasteiger partial charge is 0.398 e. The number of β-amino-alcohol motifs (C(OH)–C–C–N with tert-alkyl or cyclic N) is 2. The molecule has 1 aliphatic rings. The van der Waals surface area contributed by atoms with Gasteiger partial charge in [-0.25, -0.2) is 0 Å². The Balaban J connectivity index is 1.89. The van der Waals surface area contributed by atoms with Gasteiger partial charge in [-0.3, -0.25) is 9.69 Å². The van der Waals surface area contributed by atoms with Crippen molar-refractivity contribution >= 4 is 17.3 Å². The van der Waals surface area contributed by atoms with Crippen LogP contribution in [0.1, 0.15) is 5.56 Å². The fourth-order valence-electron chi connectivity index (χ4n) is 2.10. The van der Waals surface area contributed by atoms with Crippen molar-refractivity contribution in [2.75, 3.05) is 30.7 Å². The fourth-order valence-corrected chi connectivity index (χ4v) is 2.10. The highest BCUT2D eigenvalue weighted by molar-refractivity contribution is 5.92. The van der Waals surface area contributed by atoms with Crippen molar-refractivity contribution in [3.63, 3.8) is 0 Å². The lowest BCUT2D eigenvalue weighted by Gasteiger charge is -2.14. The van der Waals surface area contributed by atoms with Crippen molar-refractivity contribution in [2.45, 2.75) is 19.1 Å². The molecule has 0 saturated carbocycles. The standard InChI is InChI=1S/C13H19N3O3/c1-8-2-3-9(4-10(8)14)15-13(19)7-16-5-11(17)12(18)6-16/h2-4,11-12,17-18H,5-7,14H2,1H3,(H,15,19). The summed E-state index contributed by atoms with van der Waals surface area (Å²) in [7, 11) is 0. The van der Waals surface area contributed by atoms with Crippen LogP contribution in [-0.4, -0.2) is 52.9 Å². The van der Waals surface area contributed by atoms with E-state index in [0.29, 0.717) is 24.5 Å². The number of anilines is 2. The zero-order valence-corrected chi connectivity index (χ0v) is 10.8. The van der Waals surface area contributed by atoms with E-state index in [-0.39, 0.29) is 12.5 Å². The van der Waals surface area contributed by atoms with E-state index in [1.54, 1.807) is 17.0 Å². The summed E-state index contributed by atoms with van der Waals surface area (Å²) < 4.78 is 0. The average molecular weight is 265 g/mol. The summed E-state index contributed by atoms with van der Waals surface area (Å²) >= 11 is 0. The Morgan fingerprint density at radius 3 is 2.63 bits per heavy atom. The molecule has 2 rings (SSSR count). The number of benzene rings is 1. The molecule has 104 valence electrons. The lowest BCUT2D eigenvalue weighted by Crippen LogP contribution is -2.32. The van der Waals surface area contributed by atoms with Crippen LogP contribution in [0.3, 0.4) is 0 Å². The Labute approximate surface area is 111 Å². The van der Waals surface area contributed by atoms with Crippen molar-refractivity contribution in [1.29, 1.82) is 0 Å². The van der Waals surface area contributed by atoms with Gasteiger partial charge in [-0.1, -0.05) is 6.07 Å². The van der Waals surface area contributed by atoms with Crippen LogP contribution in [0.15, 0.2) is 18.2 Å². The molecule has 0 radical (unpaired) electrons.